The van der Waals surface area contributed by atoms with Crippen molar-refractivity contribution in [3.05, 3.63) is 70.8 Å². The molecule has 3 atom stereocenters. The van der Waals surface area contributed by atoms with E-state index in [9.17, 15) is 32.3 Å². The van der Waals surface area contributed by atoms with Crippen molar-refractivity contribution in [2.24, 2.45) is 11.7 Å². The van der Waals surface area contributed by atoms with E-state index >= 15 is 0 Å². The first-order valence-electron chi connectivity index (χ1n) is 12.4. The van der Waals surface area contributed by atoms with Gasteiger partial charge in [0.2, 0.25) is 5.54 Å². The van der Waals surface area contributed by atoms with Crippen molar-refractivity contribution in [1.29, 1.82) is 0 Å². The van der Waals surface area contributed by atoms with Crippen LogP contribution in [0.3, 0.4) is 0 Å². The summed E-state index contributed by atoms with van der Waals surface area (Å²) in [6, 6.07) is 12.1. The SMILES string of the molecule is CC(C)CC[C@]1(c2ccccc2)[NH+]=C(N)N(Cc2ccc(C(F)(F)F)c(C(=O)N3CC(O)C(F)C3)c2)C1=O. The molecule has 7 nitrogen and oxygen atoms in total. The number of aliphatic hydroxyl groups excluding tert-OH is 1. The number of amides is 2. The first-order chi connectivity index (χ1) is 17.8. The Hall–Kier alpha value is -3.47. The molecular weight excluding hydrogens is 504 g/mol. The molecular formula is C27H31F4N4O3+. The van der Waals surface area contributed by atoms with Gasteiger partial charge in [-0.3, -0.25) is 20.3 Å². The minimum Gasteiger partial charge on any atom is -0.388 e. The third kappa shape index (κ3) is 5.24. The van der Waals surface area contributed by atoms with Crippen molar-refractivity contribution in [2.75, 3.05) is 13.1 Å². The van der Waals surface area contributed by atoms with Gasteiger partial charge in [-0.15, -0.1) is 0 Å². The Bertz CT molecular complexity index is 1220. The van der Waals surface area contributed by atoms with Crippen molar-refractivity contribution in [3.63, 3.8) is 0 Å². The Morgan fingerprint density at radius 3 is 2.45 bits per heavy atom. The van der Waals surface area contributed by atoms with Crippen LogP contribution >= 0.6 is 0 Å². The number of benzene rings is 2. The number of nitrogens with one attached hydrogen (secondary N) is 1. The van der Waals surface area contributed by atoms with Crippen molar-refractivity contribution in [2.45, 2.75) is 57.2 Å². The quantitative estimate of drug-likeness (QED) is 0.472. The molecule has 0 aromatic heterocycles. The van der Waals surface area contributed by atoms with Gasteiger partial charge in [-0.1, -0.05) is 50.2 Å². The molecule has 4 rings (SSSR count). The van der Waals surface area contributed by atoms with Gasteiger partial charge in [0.25, 0.3) is 5.91 Å². The van der Waals surface area contributed by atoms with Gasteiger partial charge in [0.05, 0.1) is 17.7 Å². The summed E-state index contributed by atoms with van der Waals surface area (Å²) in [6.45, 7) is 2.97. The number of guanidine groups is 1. The molecule has 2 aromatic carbocycles. The summed E-state index contributed by atoms with van der Waals surface area (Å²) in [4.78, 5) is 32.1. The Labute approximate surface area is 217 Å². The van der Waals surface area contributed by atoms with Crippen LogP contribution in [-0.2, 0) is 23.1 Å². The van der Waals surface area contributed by atoms with E-state index in [0.29, 0.717) is 24.3 Å². The summed E-state index contributed by atoms with van der Waals surface area (Å²) >= 11 is 0. The van der Waals surface area contributed by atoms with Gasteiger partial charge in [-0.05, 0) is 36.5 Å². The fourth-order valence-electron chi connectivity index (χ4n) is 4.95. The van der Waals surface area contributed by atoms with Crippen LogP contribution in [0.4, 0.5) is 17.6 Å². The molecule has 2 aliphatic heterocycles. The topological polar surface area (TPSA) is 101 Å². The average molecular weight is 536 g/mol. The molecule has 4 N–H and O–H groups in total. The number of aliphatic hydroxyl groups is 1. The van der Waals surface area contributed by atoms with Crippen LogP contribution in [0.2, 0.25) is 0 Å². The standard InChI is InChI=1S/C27H30F4N4O3/c1-16(2)10-11-26(18-6-4-3-5-7-18)24(38)35(25(32)33-26)13-17-8-9-20(27(29,30)31)19(12-17)23(37)34-14-21(28)22(36)15-34/h3-9,12,16,21-22,36H,10-11,13-15H2,1-2H3,(H2,32,33)/p+1/t21?,22?,26-/m1/s1. The number of alkyl halides is 4. The number of carbonyl (C=O) groups is 2. The molecule has 0 aliphatic carbocycles. The molecule has 0 bridgehead atoms. The largest absolute Gasteiger partial charge is 0.417 e. The van der Waals surface area contributed by atoms with Crippen LogP contribution in [0.25, 0.3) is 0 Å². The molecule has 0 radical (unpaired) electrons. The smallest absolute Gasteiger partial charge is 0.388 e. The lowest BCUT2D eigenvalue weighted by atomic mass is 9.83. The molecule has 2 heterocycles. The second-order valence-corrected chi connectivity index (χ2v) is 10.3. The second kappa shape index (κ2) is 10.4. The number of hydrogen-bond acceptors (Lipinski definition) is 4. The lowest BCUT2D eigenvalue weighted by molar-refractivity contribution is -0.540. The molecule has 0 saturated carbocycles. The third-order valence-corrected chi connectivity index (χ3v) is 7.07. The van der Waals surface area contributed by atoms with Crippen LogP contribution in [0.5, 0.6) is 0 Å². The molecule has 1 saturated heterocycles. The van der Waals surface area contributed by atoms with Crippen LogP contribution in [0.15, 0.2) is 48.5 Å². The van der Waals surface area contributed by atoms with E-state index in [1.54, 1.807) is 0 Å². The highest BCUT2D eigenvalue weighted by atomic mass is 19.4. The second-order valence-electron chi connectivity index (χ2n) is 10.3. The molecule has 2 unspecified atom stereocenters. The Morgan fingerprint density at radius 2 is 1.87 bits per heavy atom. The molecule has 11 heteroatoms. The maximum absolute atomic E-state index is 13.8. The zero-order valence-electron chi connectivity index (χ0n) is 21.1. The molecule has 204 valence electrons. The van der Waals surface area contributed by atoms with Gasteiger partial charge >= 0.3 is 18.0 Å². The van der Waals surface area contributed by atoms with Crippen molar-refractivity contribution in [1.82, 2.24) is 9.80 Å². The highest BCUT2D eigenvalue weighted by Gasteiger charge is 2.53. The van der Waals surface area contributed by atoms with Crippen molar-refractivity contribution >= 4 is 17.8 Å². The zero-order chi connectivity index (χ0) is 27.8. The number of nitrogens with two attached hydrogens (primary N) is 1. The number of halogens is 4. The summed E-state index contributed by atoms with van der Waals surface area (Å²) in [6.07, 6.45) is -6.88. The molecule has 2 amide bonds. The van der Waals surface area contributed by atoms with Crippen LogP contribution in [0.1, 0.15) is 53.7 Å². The van der Waals surface area contributed by atoms with E-state index in [-0.39, 0.29) is 24.0 Å². The van der Waals surface area contributed by atoms with E-state index in [4.69, 9.17) is 5.73 Å². The number of likely N-dealkylation sites (tertiary alicyclic amines) is 1. The highest BCUT2D eigenvalue weighted by molar-refractivity contribution is 6.02. The minimum atomic E-state index is -4.84. The monoisotopic (exact) mass is 535 g/mol. The number of hydrogen-bond donors (Lipinski definition) is 3. The maximum atomic E-state index is 13.8. The van der Waals surface area contributed by atoms with Crippen molar-refractivity contribution < 1.29 is 37.2 Å². The maximum Gasteiger partial charge on any atom is 0.417 e. The lowest BCUT2D eigenvalue weighted by Crippen LogP contribution is -2.85. The highest BCUT2D eigenvalue weighted by Crippen LogP contribution is 2.35. The van der Waals surface area contributed by atoms with Gasteiger partial charge < -0.3 is 10.0 Å². The summed E-state index contributed by atoms with van der Waals surface area (Å²) < 4.78 is 55.1. The van der Waals surface area contributed by atoms with Gasteiger partial charge in [-0.25, -0.2) is 4.39 Å². The summed E-state index contributed by atoms with van der Waals surface area (Å²) in [5.41, 5.74) is 4.21. The van der Waals surface area contributed by atoms with E-state index in [1.807, 2.05) is 44.2 Å². The van der Waals surface area contributed by atoms with Crippen molar-refractivity contribution in [3.8, 4) is 0 Å². The predicted octanol–water partition coefficient (Wildman–Crippen LogP) is 1.93. The number of rotatable bonds is 7. The fourth-order valence-corrected chi connectivity index (χ4v) is 4.95. The Balaban J connectivity index is 1.67. The average Bonchev–Trinajstić information content (AvgIpc) is 3.33. The van der Waals surface area contributed by atoms with Gasteiger partial charge in [0.15, 0.2) is 0 Å². The minimum absolute atomic E-state index is 0.0540. The normalized spacial score (nSPS) is 23.9. The van der Waals surface area contributed by atoms with Crippen LogP contribution < -0.4 is 10.7 Å². The first kappa shape index (κ1) is 27.6. The van der Waals surface area contributed by atoms with Gasteiger partial charge in [0.1, 0.15) is 18.8 Å². The first-order valence-corrected chi connectivity index (χ1v) is 12.4. The van der Waals surface area contributed by atoms with Crippen LogP contribution in [0, 0.1) is 5.92 Å². The van der Waals surface area contributed by atoms with E-state index in [2.05, 4.69) is 4.99 Å². The Morgan fingerprint density at radius 1 is 1.18 bits per heavy atom. The molecule has 0 spiro atoms. The summed E-state index contributed by atoms with van der Waals surface area (Å²) in [5.74, 6) is -1.04. The van der Waals surface area contributed by atoms with Gasteiger partial charge in [-0.2, -0.15) is 18.1 Å². The lowest BCUT2D eigenvalue weighted by Gasteiger charge is -2.24. The predicted molar refractivity (Wildman–Crippen MR) is 131 cm³/mol. The molecule has 1 fully saturated rings. The number of β-amino-alcohol motifs (C(OH)–C–C–N with tert-alkyl or cyclic N) is 1. The molecule has 38 heavy (non-hydrogen) atoms. The third-order valence-electron chi connectivity index (χ3n) is 7.07. The zero-order valence-corrected chi connectivity index (χ0v) is 21.1. The van der Waals surface area contributed by atoms with Gasteiger partial charge in [0, 0.05) is 12.1 Å². The Kier molecular flexibility index (Phi) is 7.51. The van der Waals surface area contributed by atoms with Crippen LogP contribution in [-0.4, -0.2) is 58.0 Å². The molecule has 2 aliphatic rings. The summed E-state index contributed by atoms with van der Waals surface area (Å²) in [5, 5.41) is 9.66. The van der Waals surface area contributed by atoms with E-state index < -0.39 is 54.1 Å². The summed E-state index contributed by atoms with van der Waals surface area (Å²) in [7, 11) is 0. The van der Waals surface area contributed by atoms with E-state index in [1.165, 1.54) is 11.0 Å². The number of carbonyl (C=O) groups excluding carboxylic acids is 2. The van der Waals surface area contributed by atoms with E-state index in [0.717, 1.165) is 17.0 Å². The number of nitrogens with zero attached hydrogens (tertiary/aromatic N) is 2. The molecule has 2 aromatic rings. The fraction of sp³-hybridized carbons (Fsp3) is 0.444.